The van der Waals surface area contributed by atoms with Crippen molar-refractivity contribution in [3.63, 3.8) is 0 Å². The van der Waals surface area contributed by atoms with Crippen LogP contribution in [0.3, 0.4) is 0 Å². The summed E-state index contributed by atoms with van der Waals surface area (Å²) in [7, 11) is 0. The number of thioether (sulfide) groups is 1. The second-order valence-electron chi connectivity index (χ2n) is 5.50. The lowest BCUT2D eigenvalue weighted by Crippen LogP contribution is -2.18. The second kappa shape index (κ2) is 6.53. The van der Waals surface area contributed by atoms with E-state index >= 15 is 0 Å². The molecule has 0 N–H and O–H groups in total. The van der Waals surface area contributed by atoms with Gasteiger partial charge in [-0.3, -0.25) is 9.36 Å². The Hall–Kier alpha value is -2.92. The van der Waals surface area contributed by atoms with Gasteiger partial charge in [0.15, 0.2) is 10.8 Å². The van der Waals surface area contributed by atoms with E-state index in [0.717, 1.165) is 22.3 Å². The van der Waals surface area contributed by atoms with Gasteiger partial charge in [0.1, 0.15) is 0 Å². The van der Waals surface area contributed by atoms with Crippen LogP contribution in [0.1, 0.15) is 0 Å². The molecule has 4 nitrogen and oxygen atoms in total. The molecule has 0 fully saturated rings. The summed E-state index contributed by atoms with van der Waals surface area (Å²) in [5.41, 5.74) is 3.14. The van der Waals surface area contributed by atoms with Crippen LogP contribution in [0.2, 0.25) is 0 Å². The minimum atomic E-state index is -0.108. The molecule has 2 heterocycles. The fourth-order valence-corrected chi connectivity index (χ4v) is 3.19. The lowest BCUT2D eigenvalue weighted by molar-refractivity contribution is 0.941. The van der Waals surface area contributed by atoms with Crippen LogP contribution in [-0.4, -0.2) is 20.8 Å². The van der Waals surface area contributed by atoms with Crippen LogP contribution in [0.5, 0.6) is 0 Å². The van der Waals surface area contributed by atoms with Crippen LogP contribution in [-0.2, 0) is 0 Å². The van der Waals surface area contributed by atoms with Crippen LogP contribution < -0.4 is 5.56 Å². The minimum absolute atomic E-state index is 0.108. The highest BCUT2D eigenvalue weighted by atomic mass is 32.2. The van der Waals surface area contributed by atoms with E-state index in [4.69, 9.17) is 4.98 Å². The maximum Gasteiger partial charge on any atom is 0.256 e. The van der Waals surface area contributed by atoms with E-state index in [9.17, 15) is 4.79 Å². The van der Waals surface area contributed by atoms with Crippen molar-refractivity contribution in [2.24, 2.45) is 0 Å². The lowest BCUT2D eigenvalue weighted by atomic mass is 10.1. The van der Waals surface area contributed by atoms with Crippen LogP contribution >= 0.6 is 11.8 Å². The quantitative estimate of drug-likeness (QED) is 0.413. The molecular weight excluding hydrogens is 330 g/mol. The Morgan fingerprint density at radius 3 is 2.20 bits per heavy atom. The van der Waals surface area contributed by atoms with Gasteiger partial charge in [0.05, 0.1) is 11.4 Å². The van der Waals surface area contributed by atoms with E-state index in [1.165, 1.54) is 11.8 Å². The van der Waals surface area contributed by atoms with Gasteiger partial charge in [0.25, 0.3) is 5.56 Å². The Morgan fingerprint density at radius 1 is 0.840 bits per heavy atom. The topological polar surface area (TPSA) is 47.8 Å². The summed E-state index contributed by atoms with van der Waals surface area (Å²) in [6, 6.07) is 22.9. The number of fused-ring (bicyclic) bond motifs is 1. The first-order chi connectivity index (χ1) is 12.3. The Bertz CT molecular complexity index is 1090. The van der Waals surface area contributed by atoms with Crippen molar-refractivity contribution in [1.29, 1.82) is 0 Å². The predicted octanol–water partition coefficient (Wildman–Crippen LogP) is 4.17. The Morgan fingerprint density at radius 2 is 1.52 bits per heavy atom. The van der Waals surface area contributed by atoms with E-state index in [1.54, 1.807) is 10.6 Å². The second-order valence-corrected chi connectivity index (χ2v) is 6.28. The van der Waals surface area contributed by atoms with Crippen LogP contribution in [0.4, 0.5) is 0 Å². The fraction of sp³-hybridized carbons (Fsp3) is 0.0500. The molecule has 4 rings (SSSR count). The van der Waals surface area contributed by atoms with E-state index in [2.05, 4.69) is 4.98 Å². The average molecular weight is 345 g/mol. The van der Waals surface area contributed by atoms with Gasteiger partial charge in [-0.05, 0) is 24.5 Å². The summed E-state index contributed by atoms with van der Waals surface area (Å²) < 4.78 is 1.64. The van der Waals surface area contributed by atoms with E-state index in [-0.39, 0.29) is 5.56 Å². The first-order valence-corrected chi connectivity index (χ1v) is 9.09. The number of hydrogen-bond acceptors (Lipinski definition) is 4. The Kier molecular flexibility index (Phi) is 4.07. The number of para-hydroxylation sites is 1. The summed E-state index contributed by atoms with van der Waals surface area (Å²) in [6.07, 6.45) is 1.93. The van der Waals surface area contributed by atoms with Crippen molar-refractivity contribution in [2.75, 3.05) is 6.26 Å². The van der Waals surface area contributed by atoms with Crippen LogP contribution in [0.15, 0.2) is 82.7 Å². The number of aromatic nitrogens is 3. The normalized spacial score (nSPS) is 10.9. The third kappa shape index (κ3) is 2.83. The number of pyridine rings is 1. The molecule has 0 spiro atoms. The highest BCUT2D eigenvalue weighted by Gasteiger charge is 2.14. The molecule has 0 atom stereocenters. The van der Waals surface area contributed by atoms with Crippen molar-refractivity contribution in [3.05, 3.63) is 83.2 Å². The monoisotopic (exact) mass is 345 g/mol. The van der Waals surface area contributed by atoms with Crippen molar-refractivity contribution in [1.82, 2.24) is 14.5 Å². The van der Waals surface area contributed by atoms with Gasteiger partial charge in [0, 0.05) is 17.0 Å². The molecule has 2 aromatic heterocycles. The van der Waals surface area contributed by atoms with Crippen LogP contribution in [0, 0.1) is 0 Å². The standard InChI is InChI=1S/C20H15N3OS/c1-25-20-21-18(14-8-4-2-5-9-14)16-12-13-17(24)23(19(16)22-20)15-10-6-3-7-11-15/h2-13H,1H3. The Balaban J connectivity index is 2.12. The van der Waals surface area contributed by atoms with Gasteiger partial charge < -0.3 is 0 Å². The number of nitrogens with zero attached hydrogens (tertiary/aromatic N) is 3. The lowest BCUT2D eigenvalue weighted by Gasteiger charge is -2.13. The summed E-state index contributed by atoms with van der Waals surface area (Å²) in [5, 5.41) is 1.49. The molecule has 4 aromatic rings. The maximum atomic E-state index is 12.6. The SMILES string of the molecule is CSc1nc(-c2ccccc2)c2ccc(=O)n(-c3ccccc3)c2n1. The van der Waals surface area contributed by atoms with E-state index < -0.39 is 0 Å². The number of rotatable bonds is 3. The summed E-state index contributed by atoms with van der Waals surface area (Å²) in [4.78, 5) is 21.9. The first-order valence-electron chi connectivity index (χ1n) is 7.86. The van der Waals surface area contributed by atoms with Gasteiger partial charge >= 0.3 is 0 Å². The largest absolute Gasteiger partial charge is 0.269 e. The van der Waals surface area contributed by atoms with Crippen molar-refractivity contribution in [3.8, 4) is 16.9 Å². The zero-order chi connectivity index (χ0) is 17.2. The molecule has 25 heavy (non-hydrogen) atoms. The first kappa shape index (κ1) is 15.6. The molecule has 0 aliphatic carbocycles. The van der Waals surface area contributed by atoms with Crippen molar-refractivity contribution in [2.45, 2.75) is 5.16 Å². The molecule has 0 radical (unpaired) electrons. The molecule has 0 saturated heterocycles. The van der Waals surface area contributed by atoms with Crippen molar-refractivity contribution < 1.29 is 0 Å². The van der Waals surface area contributed by atoms with E-state index in [0.29, 0.717) is 10.8 Å². The molecule has 122 valence electrons. The number of benzene rings is 2. The smallest absolute Gasteiger partial charge is 0.256 e. The van der Waals surface area contributed by atoms with E-state index in [1.807, 2.05) is 73.0 Å². The number of hydrogen-bond donors (Lipinski definition) is 0. The molecular formula is C20H15N3OS. The van der Waals surface area contributed by atoms with Gasteiger partial charge in [-0.15, -0.1) is 0 Å². The highest BCUT2D eigenvalue weighted by Crippen LogP contribution is 2.28. The zero-order valence-electron chi connectivity index (χ0n) is 13.6. The zero-order valence-corrected chi connectivity index (χ0v) is 14.4. The molecule has 0 bridgehead atoms. The maximum absolute atomic E-state index is 12.6. The third-order valence-electron chi connectivity index (χ3n) is 3.97. The van der Waals surface area contributed by atoms with Gasteiger partial charge in [0.2, 0.25) is 0 Å². The summed E-state index contributed by atoms with van der Waals surface area (Å²) >= 11 is 1.46. The average Bonchev–Trinajstić information content (AvgIpc) is 2.68. The van der Waals surface area contributed by atoms with Gasteiger partial charge in [-0.2, -0.15) is 0 Å². The molecule has 0 aliphatic heterocycles. The van der Waals surface area contributed by atoms with Gasteiger partial charge in [-0.1, -0.05) is 60.3 Å². The summed E-state index contributed by atoms with van der Waals surface area (Å²) in [5.74, 6) is 0. The predicted molar refractivity (Wildman–Crippen MR) is 102 cm³/mol. The molecule has 0 unspecified atom stereocenters. The molecule has 0 aliphatic rings. The third-order valence-corrected chi connectivity index (χ3v) is 4.52. The van der Waals surface area contributed by atoms with Gasteiger partial charge in [-0.25, -0.2) is 9.97 Å². The molecule has 0 saturated carbocycles. The Labute approximate surface area is 149 Å². The minimum Gasteiger partial charge on any atom is -0.269 e. The van der Waals surface area contributed by atoms with Crippen molar-refractivity contribution >= 4 is 22.8 Å². The summed E-state index contributed by atoms with van der Waals surface area (Å²) in [6.45, 7) is 0. The highest BCUT2D eigenvalue weighted by molar-refractivity contribution is 7.98. The molecule has 2 aromatic carbocycles. The van der Waals surface area contributed by atoms with Crippen LogP contribution in [0.25, 0.3) is 28.0 Å². The fourth-order valence-electron chi connectivity index (χ4n) is 2.83. The molecule has 5 heteroatoms. The molecule has 0 amide bonds.